The van der Waals surface area contributed by atoms with Gasteiger partial charge in [0.15, 0.2) is 0 Å². The van der Waals surface area contributed by atoms with Crippen molar-refractivity contribution in [1.82, 2.24) is 10.2 Å². The van der Waals surface area contributed by atoms with Gasteiger partial charge >= 0.3 is 0 Å². The van der Waals surface area contributed by atoms with Gasteiger partial charge in [0.2, 0.25) is 21.8 Å². The largest absolute Gasteiger partial charge is 0.495 e. The van der Waals surface area contributed by atoms with Gasteiger partial charge in [0, 0.05) is 25.6 Å². The average Bonchev–Trinajstić information content (AvgIpc) is 2.86. The van der Waals surface area contributed by atoms with E-state index in [1.165, 1.54) is 17.5 Å². The highest BCUT2D eigenvalue weighted by atomic mass is 35.5. The van der Waals surface area contributed by atoms with Crippen molar-refractivity contribution in [2.75, 3.05) is 24.2 Å². The van der Waals surface area contributed by atoms with E-state index in [4.69, 9.17) is 16.3 Å². The van der Waals surface area contributed by atoms with Crippen LogP contribution in [0.15, 0.2) is 42.5 Å². The lowest BCUT2D eigenvalue weighted by molar-refractivity contribution is -0.141. The van der Waals surface area contributed by atoms with Crippen molar-refractivity contribution in [2.24, 2.45) is 0 Å². The normalized spacial score (nSPS) is 12.9. The fourth-order valence-electron chi connectivity index (χ4n) is 4.07. The minimum atomic E-state index is -3.63. The second-order valence-electron chi connectivity index (χ2n) is 9.51. The van der Waals surface area contributed by atoms with Gasteiger partial charge < -0.3 is 15.0 Å². The summed E-state index contributed by atoms with van der Waals surface area (Å²) in [6.07, 6.45) is 2.70. The molecule has 0 aromatic heterocycles. The van der Waals surface area contributed by atoms with Gasteiger partial charge in [0.25, 0.3) is 0 Å². The van der Waals surface area contributed by atoms with Crippen molar-refractivity contribution >= 4 is 39.1 Å². The van der Waals surface area contributed by atoms with Gasteiger partial charge in [0.1, 0.15) is 11.8 Å². The Morgan fingerprint density at radius 1 is 1.08 bits per heavy atom. The molecule has 0 aliphatic carbocycles. The number of halogens is 1. The van der Waals surface area contributed by atoms with Crippen LogP contribution in [0.1, 0.15) is 57.6 Å². The van der Waals surface area contributed by atoms with Gasteiger partial charge in [-0.05, 0) is 56.9 Å². The molecule has 10 heteroatoms. The molecule has 2 atom stereocenters. The minimum absolute atomic E-state index is 0.00693. The molecular weight excluding hydrogens is 526 g/mol. The number of benzene rings is 2. The summed E-state index contributed by atoms with van der Waals surface area (Å²) in [5, 5.41) is 3.29. The van der Waals surface area contributed by atoms with Crippen LogP contribution in [0.2, 0.25) is 5.02 Å². The molecule has 2 rings (SSSR count). The van der Waals surface area contributed by atoms with E-state index >= 15 is 0 Å². The second kappa shape index (κ2) is 14.4. The van der Waals surface area contributed by atoms with E-state index in [2.05, 4.69) is 5.32 Å². The molecule has 210 valence electrons. The molecule has 0 saturated carbocycles. The lowest BCUT2D eigenvalue weighted by Gasteiger charge is -2.32. The molecule has 2 aromatic carbocycles. The minimum Gasteiger partial charge on any atom is -0.495 e. The van der Waals surface area contributed by atoms with Crippen LogP contribution in [-0.4, -0.2) is 57.1 Å². The molecule has 0 saturated heterocycles. The number of nitrogens with one attached hydrogen (secondary N) is 1. The summed E-state index contributed by atoms with van der Waals surface area (Å²) >= 11 is 6.22. The number of hydrogen-bond donors (Lipinski definition) is 1. The van der Waals surface area contributed by atoms with Gasteiger partial charge in [0.05, 0.1) is 24.1 Å². The third-order valence-corrected chi connectivity index (χ3v) is 7.93. The van der Waals surface area contributed by atoms with Crippen LogP contribution >= 0.6 is 11.6 Å². The summed E-state index contributed by atoms with van der Waals surface area (Å²) in [6.45, 7) is 8.17. The van der Waals surface area contributed by atoms with E-state index in [1.807, 2.05) is 52.0 Å². The predicted octanol–water partition coefficient (Wildman–Crippen LogP) is 4.93. The molecule has 0 heterocycles. The number of aryl methyl sites for hydroxylation is 1. The number of ether oxygens (including phenoxy) is 1. The number of anilines is 1. The van der Waals surface area contributed by atoms with Gasteiger partial charge in [-0.2, -0.15) is 0 Å². The molecule has 0 aliphatic heterocycles. The molecule has 0 spiro atoms. The fourth-order valence-corrected chi connectivity index (χ4v) is 5.27. The van der Waals surface area contributed by atoms with Gasteiger partial charge in [-0.15, -0.1) is 0 Å². The summed E-state index contributed by atoms with van der Waals surface area (Å²) in [7, 11) is -2.15. The van der Waals surface area contributed by atoms with Crippen LogP contribution in [0.25, 0.3) is 0 Å². The summed E-state index contributed by atoms with van der Waals surface area (Å²) in [5.74, 6) is 0.0398. The smallest absolute Gasteiger partial charge is 0.243 e. The van der Waals surface area contributed by atoms with Crippen molar-refractivity contribution < 1.29 is 22.7 Å². The maximum absolute atomic E-state index is 13.5. The first-order valence-electron chi connectivity index (χ1n) is 12.9. The standard InChI is InChI=1S/C28H40ClN3O5S/c1-7-21(4)30-28(34)25(8-2)31(19-22-13-11-20(3)12-14-22)27(33)10-9-17-32(38(6,35)36)23-15-16-26(37-5)24(29)18-23/h11-16,18,21,25H,7-10,17,19H2,1-6H3,(H,30,34)/t21-,25+/m0/s1. The molecule has 2 amide bonds. The maximum Gasteiger partial charge on any atom is 0.243 e. The third-order valence-electron chi connectivity index (χ3n) is 6.44. The topological polar surface area (TPSA) is 96.0 Å². The van der Waals surface area contributed by atoms with Gasteiger partial charge in [-0.1, -0.05) is 55.3 Å². The monoisotopic (exact) mass is 565 g/mol. The molecule has 1 N–H and O–H groups in total. The highest BCUT2D eigenvalue weighted by molar-refractivity contribution is 7.92. The van der Waals surface area contributed by atoms with Crippen LogP contribution in [0.4, 0.5) is 5.69 Å². The molecule has 0 aliphatic rings. The molecule has 38 heavy (non-hydrogen) atoms. The number of nitrogens with zero attached hydrogens (tertiary/aromatic N) is 2. The van der Waals surface area contributed by atoms with E-state index in [1.54, 1.807) is 17.0 Å². The molecular formula is C28H40ClN3O5S. The Labute approximate surface area is 232 Å². The first-order chi connectivity index (χ1) is 17.9. The molecule has 8 nitrogen and oxygen atoms in total. The fraction of sp³-hybridized carbons (Fsp3) is 0.500. The quantitative estimate of drug-likeness (QED) is 0.350. The molecule has 0 bridgehead atoms. The lowest BCUT2D eigenvalue weighted by Crippen LogP contribution is -2.50. The predicted molar refractivity (Wildman–Crippen MR) is 153 cm³/mol. The number of sulfonamides is 1. The Hall–Kier alpha value is -2.78. The highest BCUT2D eigenvalue weighted by Crippen LogP contribution is 2.30. The van der Waals surface area contributed by atoms with Crippen LogP contribution in [0.3, 0.4) is 0 Å². The molecule has 0 radical (unpaired) electrons. The highest BCUT2D eigenvalue weighted by Gasteiger charge is 2.29. The second-order valence-corrected chi connectivity index (χ2v) is 11.8. The number of rotatable bonds is 14. The van der Waals surface area contributed by atoms with Crippen LogP contribution in [-0.2, 0) is 26.2 Å². The van der Waals surface area contributed by atoms with E-state index in [0.29, 0.717) is 17.9 Å². The van der Waals surface area contributed by atoms with Crippen LogP contribution in [0.5, 0.6) is 5.75 Å². The average molecular weight is 566 g/mol. The number of amides is 2. The van der Waals surface area contributed by atoms with Crippen LogP contribution < -0.4 is 14.4 Å². The van der Waals surface area contributed by atoms with E-state index in [0.717, 1.165) is 23.8 Å². The van der Waals surface area contributed by atoms with E-state index in [9.17, 15) is 18.0 Å². The number of methoxy groups -OCH3 is 1. The van der Waals surface area contributed by atoms with Gasteiger partial charge in [-0.3, -0.25) is 13.9 Å². The Kier molecular flexibility index (Phi) is 11.9. The molecule has 0 unspecified atom stereocenters. The van der Waals surface area contributed by atoms with E-state index in [-0.39, 0.29) is 48.8 Å². The van der Waals surface area contributed by atoms with Crippen molar-refractivity contribution in [3.63, 3.8) is 0 Å². The zero-order chi connectivity index (χ0) is 28.5. The molecule has 0 fully saturated rings. The number of carbonyl (C=O) groups is 2. The zero-order valence-electron chi connectivity index (χ0n) is 23.2. The van der Waals surface area contributed by atoms with Crippen LogP contribution in [0, 0.1) is 6.92 Å². The first kappa shape index (κ1) is 31.4. The van der Waals surface area contributed by atoms with Gasteiger partial charge in [-0.25, -0.2) is 8.42 Å². The third kappa shape index (κ3) is 8.91. The van der Waals surface area contributed by atoms with Crippen molar-refractivity contribution in [3.8, 4) is 5.75 Å². The summed E-state index contributed by atoms with van der Waals surface area (Å²) in [6, 6.07) is 12.0. The SMILES string of the molecule is CC[C@H](C(=O)N[C@@H](C)CC)N(Cc1ccc(C)cc1)C(=O)CCCN(c1ccc(OC)c(Cl)c1)S(C)(=O)=O. The zero-order valence-corrected chi connectivity index (χ0v) is 24.7. The number of carbonyl (C=O) groups excluding carboxylic acids is 2. The molecule has 2 aromatic rings. The summed E-state index contributed by atoms with van der Waals surface area (Å²) in [5.41, 5.74) is 2.42. The van der Waals surface area contributed by atoms with E-state index < -0.39 is 16.1 Å². The Morgan fingerprint density at radius 2 is 1.74 bits per heavy atom. The van der Waals surface area contributed by atoms with Crippen molar-refractivity contribution in [3.05, 3.63) is 58.6 Å². The van der Waals surface area contributed by atoms with Crippen molar-refractivity contribution in [2.45, 2.75) is 72.0 Å². The first-order valence-corrected chi connectivity index (χ1v) is 15.1. The number of hydrogen-bond acceptors (Lipinski definition) is 5. The summed E-state index contributed by atoms with van der Waals surface area (Å²) in [4.78, 5) is 28.2. The Balaban J connectivity index is 2.24. The lowest BCUT2D eigenvalue weighted by atomic mass is 10.1. The maximum atomic E-state index is 13.5. The Bertz CT molecular complexity index is 1190. The Morgan fingerprint density at radius 3 is 2.26 bits per heavy atom. The summed E-state index contributed by atoms with van der Waals surface area (Å²) < 4.78 is 31.5. The van der Waals surface area contributed by atoms with Crippen molar-refractivity contribution in [1.29, 1.82) is 0 Å².